The van der Waals surface area contributed by atoms with Crippen LogP contribution < -0.4 is 10.9 Å². The first-order valence-electron chi connectivity index (χ1n) is 10.1. The predicted octanol–water partition coefficient (Wildman–Crippen LogP) is 3.22. The zero-order valence-electron chi connectivity index (χ0n) is 16.1. The van der Waals surface area contributed by atoms with Gasteiger partial charge in [-0.05, 0) is 68.8 Å². The second-order valence-electron chi connectivity index (χ2n) is 9.42. The number of hydrazine groups is 1. The quantitative estimate of drug-likeness (QED) is 0.711. The number of furan rings is 1. The minimum Gasteiger partial charge on any atom is -0.451 e. The minimum atomic E-state index is -0.584. The average Bonchev–Trinajstić information content (AvgIpc) is 2.94. The molecule has 0 radical (unpaired) electrons. The Kier molecular flexibility index (Phi) is 3.85. The van der Waals surface area contributed by atoms with Crippen LogP contribution in [0, 0.1) is 24.2 Å². The number of hydrogen-bond donors (Lipinski definition) is 3. The summed E-state index contributed by atoms with van der Waals surface area (Å²) in [7, 11) is 0. The molecule has 1 heterocycles. The molecular weight excluding hydrogens is 356 g/mol. The third kappa shape index (κ3) is 2.91. The average molecular weight is 382 g/mol. The van der Waals surface area contributed by atoms with E-state index in [1.165, 1.54) is 6.42 Å². The molecule has 1 aromatic carbocycles. The van der Waals surface area contributed by atoms with Crippen molar-refractivity contribution in [3.63, 3.8) is 0 Å². The van der Waals surface area contributed by atoms with E-state index in [0.717, 1.165) is 36.6 Å². The van der Waals surface area contributed by atoms with Crippen LogP contribution in [0.25, 0.3) is 11.0 Å². The molecule has 0 aliphatic heterocycles. The van der Waals surface area contributed by atoms with Crippen molar-refractivity contribution >= 4 is 22.8 Å². The van der Waals surface area contributed by atoms with E-state index in [1.54, 1.807) is 0 Å². The van der Waals surface area contributed by atoms with Gasteiger partial charge in [0.2, 0.25) is 5.91 Å². The third-order valence-electron chi connectivity index (χ3n) is 7.05. The Morgan fingerprint density at radius 2 is 1.86 bits per heavy atom. The van der Waals surface area contributed by atoms with Crippen molar-refractivity contribution < 1.29 is 19.1 Å². The van der Waals surface area contributed by atoms with Gasteiger partial charge in [0.1, 0.15) is 5.58 Å². The summed E-state index contributed by atoms with van der Waals surface area (Å²) in [6.07, 6.45) is 6.03. The molecule has 6 heteroatoms. The predicted molar refractivity (Wildman–Crippen MR) is 103 cm³/mol. The first-order chi connectivity index (χ1) is 13.3. The summed E-state index contributed by atoms with van der Waals surface area (Å²) >= 11 is 0. The number of fused-ring (bicyclic) bond motifs is 1. The Labute approximate surface area is 163 Å². The first kappa shape index (κ1) is 17.7. The van der Waals surface area contributed by atoms with Crippen molar-refractivity contribution in [3.8, 4) is 0 Å². The van der Waals surface area contributed by atoms with Crippen LogP contribution in [0.2, 0.25) is 0 Å². The Balaban J connectivity index is 1.24. The molecule has 6 nitrogen and oxygen atoms in total. The topological polar surface area (TPSA) is 91.6 Å². The summed E-state index contributed by atoms with van der Waals surface area (Å²) in [4.78, 5) is 25.1. The van der Waals surface area contributed by atoms with Gasteiger partial charge in [-0.3, -0.25) is 20.4 Å². The fourth-order valence-corrected chi connectivity index (χ4v) is 6.57. The standard InChI is InChI=1S/C22H26N2O4/c1-13-16-4-2-3-5-17(16)28-19(13)20(26)24-23-18(25)11-21-7-14-6-15(8-21)10-22(27,9-14)12-21/h2-5,14-15,27H,6-12H2,1H3,(H,23,25)(H,24,26). The molecule has 4 saturated carbocycles. The van der Waals surface area contributed by atoms with Crippen LogP contribution in [0.4, 0.5) is 0 Å². The maximum absolute atomic E-state index is 12.6. The van der Waals surface area contributed by atoms with Gasteiger partial charge < -0.3 is 9.52 Å². The van der Waals surface area contributed by atoms with Gasteiger partial charge in [-0.15, -0.1) is 0 Å². The van der Waals surface area contributed by atoms with Crippen molar-refractivity contribution in [1.29, 1.82) is 0 Å². The molecule has 0 saturated heterocycles. The highest BCUT2D eigenvalue weighted by atomic mass is 16.3. The SMILES string of the molecule is Cc1c(C(=O)NNC(=O)CC23CC4CC(CC(O)(C4)C2)C3)oc2ccccc12. The lowest BCUT2D eigenvalue weighted by molar-refractivity contribution is -0.169. The number of carbonyl (C=O) groups excluding carboxylic acids is 2. The number of carbonyl (C=O) groups is 2. The van der Waals surface area contributed by atoms with Gasteiger partial charge in [0.05, 0.1) is 5.60 Å². The van der Waals surface area contributed by atoms with Crippen LogP contribution in [-0.2, 0) is 4.79 Å². The van der Waals surface area contributed by atoms with Gasteiger partial charge >= 0.3 is 5.91 Å². The van der Waals surface area contributed by atoms with E-state index < -0.39 is 11.5 Å². The lowest BCUT2D eigenvalue weighted by Gasteiger charge is -2.60. The molecule has 2 atom stereocenters. The molecule has 2 aromatic rings. The number of aliphatic hydroxyl groups is 1. The third-order valence-corrected chi connectivity index (χ3v) is 7.05. The monoisotopic (exact) mass is 382 g/mol. The number of amides is 2. The van der Waals surface area contributed by atoms with Gasteiger partial charge in [-0.1, -0.05) is 18.2 Å². The Morgan fingerprint density at radius 3 is 2.54 bits per heavy atom. The Hall–Kier alpha value is -2.34. The maximum atomic E-state index is 12.6. The fraction of sp³-hybridized carbons (Fsp3) is 0.545. The summed E-state index contributed by atoms with van der Waals surface area (Å²) in [5, 5.41) is 11.7. The second-order valence-corrected chi connectivity index (χ2v) is 9.42. The van der Waals surface area contributed by atoms with Gasteiger partial charge in [0, 0.05) is 17.4 Å². The molecule has 4 aliphatic rings. The van der Waals surface area contributed by atoms with Crippen LogP contribution in [-0.4, -0.2) is 22.5 Å². The van der Waals surface area contributed by atoms with Crippen molar-refractivity contribution in [2.45, 2.75) is 57.5 Å². The van der Waals surface area contributed by atoms with Crippen molar-refractivity contribution in [1.82, 2.24) is 10.9 Å². The molecule has 28 heavy (non-hydrogen) atoms. The number of para-hydroxylation sites is 1. The molecule has 2 amide bonds. The summed E-state index contributed by atoms with van der Waals surface area (Å²) in [5.74, 6) is 0.628. The molecule has 4 bridgehead atoms. The number of rotatable bonds is 3. The fourth-order valence-electron chi connectivity index (χ4n) is 6.57. The van der Waals surface area contributed by atoms with Crippen LogP contribution in [0.3, 0.4) is 0 Å². The van der Waals surface area contributed by atoms with Crippen LogP contribution in [0.1, 0.15) is 61.1 Å². The smallest absolute Gasteiger partial charge is 0.305 e. The first-order valence-corrected chi connectivity index (χ1v) is 10.1. The molecule has 2 unspecified atom stereocenters. The van der Waals surface area contributed by atoms with Crippen LogP contribution in [0.15, 0.2) is 28.7 Å². The normalized spacial score (nSPS) is 33.2. The Bertz CT molecular complexity index is 949. The largest absolute Gasteiger partial charge is 0.451 e. The number of nitrogens with one attached hydrogen (secondary N) is 2. The van der Waals surface area contributed by atoms with Crippen LogP contribution >= 0.6 is 0 Å². The highest BCUT2D eigenvalue weighted by Gasteiger charge is 2.57. The van der Waals surface area contributed by atoms with Gasteiger partial charge in [-0.25, -0.2) is 0 Å². The molecule has 6 rings (SSSR count). The van der Waals surface area contributed by atoms with Gasteiger partial charge in [0.15, 0.2) is 5.76 Å². The van der Waals surface area contributed by atoms with E-state index in [9.17, 15) is 14.7 Å². The maximum Gasteiger partial charge on any atom is 0.305 e. The molecule has 4 aliphatic carbocycles. The zero-order valence-corrected chi connectivity index (χ0v) is 16.1. The van der Waals surface area contributed by atoms with E-state index in [0.29, 0.717) is 30.3 Å². The summed E-state index contributed by atoms with van der Waals surface area (Å²) in [6.45, 7) is 1.83. The van der Waals surface area contributed by atoms with Gasteiger partial charge in [-0.2, -0.15) is 0 Å². The molecular formula is C22H26N2O4. The Morgan fingerprint density at radius 1 is 1.14 bits per heavy atom. The van der Waals surface area contributed by atoms with Crippen molar-refractivity contribution in [2.24, 2.45) is 17.3 Å². The lowest BCUT2D eigenvalue weighted by atomic mass is 9.47. The van der Waals surface area contributed by atoms with E-state index in [4.69, 9.17) is 4.42 Å². The second kappa shape index (κ2) is 6.08. The molecule has 4 fully saturated rings. The van der Waals surface area contributed by atoms with Crippen molar-refractivity contribution in [2.75, 3.05) is 0 Å². The number of hydrogen-bond acceptors (Lipinski definition) is 4. The van der Waals surface area contributed by atoms with Gasteiger partial charge in [0.25, 0.3) is 0 Å². The molecule has 3 N–H and O–H groups in total. The van der Waals surface area contributed by atoms with E-state index >= 15 is 0 Å². The highest BCUT2D eigenvalue weighted by Crippen LogP contribution is 2.62. The highest BCUT2D eigenvalue weighted by molar-refractivity contribution is 5.99. The summed E-state index contributed by atoms with van der Waals surface area (Å²) in [5.41, 5.74) is 5.76. The molecule has 148 valence electrons. The lowest BCUT2D eigenvalue weighted by Crippen LogP contribution is -2.57. The minimum absolute atomic E-state index is 0.122. The number of benzene rings is 1. The van der Waals surface area contributed by atoms with E-state index in [-0.39, 0.29) is 17.1 Å². The molecule has 1 aromatic heterocycles. The molecule has 0 spiro atoms. The van der Waals surface area contributed by atoms with E-state index in [2.05, 4.69) is 10.9 Å². The van der Waals surface area contributed by atoms with Crippen molar-refractivity contribution in [3.05, 3.63) is 35.6 Å². The van der Waals surface area contributed by atoms with E-state index in [1.807, 2.05) is 31.2 Å². The summed E-state index contributed by atoms with van der Waals surface area (Å²) in [6, 6.07) is 7.47. The zero-order chi connectivity index (χ0) is 19.5. The van der Waals surface area contributed by atoms with Crippen LogP contribution in [0.5, 0.6) is 0 Å². The number of aryl methyl sites for hydroxylation is 1. The summed E-state index contributed by atoms with van der Waals surface area (Å²) < 4.78 is 5.64.